The number of hydrogen-bond acceptors (Lipinski definition) is 4. The van der Waals surface area contributed by atoms with Crippen LogP contribution in [0.3, 0.4) is 0 Å². The molecule has 31 heavy (non-hydrogen) atoms. The van der Waals surface area contributed by atoms with Crippen LogP contribution >= 0.6 is 0 Å². The van der Waals surface area contributed by atoms with Crippen molar-refractivity contribution in [2.75, 3.05) is 31.5 Å². The number of sulfonamides is 1. The van der Waals surface area contributed by atoms with Crippen molar-refractivity contribution in [3.8, 4) is 0 Å². The minimum Gasteiger partial charge on any atom is -0.324 e. The molecule has 0 bridgehead atoms. The quantitative estimate of drug-likeness (QED) is 0.774. The van der Waals surface area contributed by atoms with Gasteiger partial charge in [-0.15, -0.1) is 0 Å². The predicted molar refractivity (Wildman–Crippen MR) is 123 cm³/mol. The number of para-hydroxylation sites is 1. The first kappa shape index (κ1) is 22.0. The molecule has 0 aromatic heterocycles. The SMILES string of the molecule is Cc1cccc(C)c1NC(=O)[C@@H](C)N1CCN(S(=O)(=O)c2ccc3c(c2)CCC3)CC1. The Morgan fingerprint density at radius 1 is 0.968 bits per heavy atom. The fraction of sp³-hybridized carbons (Fsp3) is 0.458. The molecule has 1 aliphatic heterocycles. The normalized spacial score (nSPS) is 18.5. The Labute approximate surface area is 185 Å². The van der Waals surface area contributed by atoms with Crippen molar-refractivity contribution in [1.82, 2.24) is 9.21 Å². The lowest BCUT2D eigenvalue weighted by Gasteiger charge is -2.36. The number of rotatable bonds is 5. The Morgan fingerprint density at radius 2 is 1.61 bits per heavy atom. The van der Waals surface area contributed by atoms with Gasteiger partial charge in [-0.25, -0.2) is 8.42 Å². The standard InChI is InChI=1S/C24H31N3O3S/c1-17-6-4-7-18(2)23(17)25-24(28)19(3)26-12-14-27(15-13-26)31(29,30)22-11-10-20-8-5-9-21(20)16-22/h4,6-7,10-11,16,19H,5,8-9,12-15H2,1-3H3,(H,25,28)/t19-/m1/s1. The van der Waals surface area contributed by atoms with Crippen LogP contribution in [0.4, 0.5) is 5.69 Å². The maximum absolute atomic E-state index is 13.1. The Hall–Kier alpha value is -2.22. The maximum atomic E-state index is 13.1. The van der Waals surface area contributed by atoms with Crippen molar-refractivity contribution in [2.24, 2.45) is 0 Å². The fourth-order valence-corrected chi connectivity index (χ4v) is 6.07. The van der Waals surface area contributed by atoms with E-state index in [2.05, 4.69) is 10.2 Å². The van der Waals surface area contributed by atoms with Crippen molar-refractivity contribution in [2.45, 2.75) is 51.0 Å². The van der Waals surface area contributed by atoms with Gasteiger partial charge < -0.3 is 5.32 Å². The van der Waals surface area contributed by atoms with Gasteiger partial charge in [0.15, 0.2) is 0 Å². The molecule has 6 nitrogen and oxygen atoms in total. The number of carbonyl (C=O) groups is 1. The molecule has 1 aliphatic carbocycles. The Morgan fingerprint density at radius 3 is 2.29 bits per heavy atom. The average molecular weight is 442 g/mol. The number of aryl methyl sites for hydroxylation is 4. The van der Waals surface area contributed by atoms with E-state index in [-0.39, 0.29) is 11.9 Å². The van der Waals surface area contributed by atoms with E-state index < -0.39 is 10.0 Å². The molecule has 0 radical (unpaired) electrons. The van der Waals surface area contributed by atoms with Gasteiger partial charge in [0.2, 0.25) is 15.9 Å². The fourth-order valence-electron chi connectivity index (χ4n) is 4.59. The van der Waals surface area contributed by atoms with E-state index in [1.54, 1.807) is 10.4 Å². The Kier molecular flexibility index (Phi) is 6.19. The molecule has 0 saturated carbocycles. The molecule has 0 unspecified atom stereocenters. The second kappa shape index (κ2) is 8.73. The minimum atomic E-state index is -3.51. The minimum absolute atomic E-state index is 0.0627. The van der Waals surface area contributed by atoms with Crippen LogP contribution in [-0.4, -0.2) is 55.8 Å². The van der Waals surface area contributed by atoms with E-state index in [1.165, 1.54) is 5.56 Å². The van der Waals surface area contributed by atoms with Crippen LogP contribution in [0, 0.1) is 13.8 Å². The number of nitrogens with one attached hydrogen (secondary N) is 1. The summed E-state index contributed by atoms with van der Waals surface area (Å²) in [7, 11) is -3.51. The second-order valence-corrected chi connectivity index (χ2v) is 10.6. The van der Waals surface area contributed by atoms with E-state index >= 15 is 0 Å². The predicted octanol–water partition coefficient (Wildman–Crippen LogP) is 3.13. The smallest absolute Gasteiger partial charge is 0.243 e. The number of carbonyl (C=O) groups excluding carboxylic acids is 1. The second-order valence-electron chi connectivity index (χ2n) is 8.66. The molecule has 7 heteroatoms. The highest BCUT2D eigenvalue weighted by atomic mass is 32.2. The average Bonchev–Trinajstić information content (AvgIpc) is 3.24. The van der Waals surface area contributed by atoms with Crippen molar-refractivity contribution in [3.05, 3.63) is 58.7 Å². The number of amides is 1. The Bertz CT molecular complexity index is 1070. The number of hydrogen-bond donors (Lipinski definition) is 1. The van der Waals surface area contributed by atoms with Crippen LogP contribution in [-0.2, 0) is 27.7 Å². The van der Waals surface area contributed by atoms with Gasteiger partial charge in [0.05, 0.1) is 10.9 Å². The monoisotopic (exact) mass is 441 g/mol. The maximum Gasteiger partial charge on any atom is 0.243 e. The van der Waals surface area contributed by atoms with E-state index in [4.69, 9.17) is 0 Å². The van der Waals surface area contributed by atoms with Gasteiger partial charge in [-0.05, 0) is 74.4 Å². The number of fused-ring (bicyclic) bond motifs is 1. The molecule has 2 aromatic carbocycles. The molecule has 1 N–H and O–H groups in total. The third kappa shape index (κ3) is 4.40. The van der Waals surface area contributed by atoms with Crippen LogP contribution in [0.1, 0.15) is 35.6 Å². The molecule has 1 atom stereocenters. The van der Waals surface area contributed by atoms with Crippen molar-refractivity contribution >= 4 is 21.6 Å². The molecule has 1 fully saturated rings. The topological polar surface area (TPSA) is 69.7 Å². The zero-order valence-electron chi connectivity index (χ0n) is 18.5. The number of piperazine rings is 1. The highest BCUT2D eigenvalue weighted by Crippen LogP contribution is 2.27. The summed E-state index contributed by atoms with van der Waals surface area (Å²) in [5.41, 5.74) is 5.36. The van der Waals surface area contributed by atoms with E-state index in [9.17, 15) is 13.2 Å². The van der Waals surface area contributed by atoms with Crippen molar-refractivity contribution in [3.63, 3.8) is 0 Å². The molecular weight excluding hydrogens is 410 g/mol. The molecule has 2 aliphatic rings. The van der Waals surface area contributed by atoms with Crippen LogP contribution in [0.15, 0.2) is 41.3 Å². The third-order valence-corrected chi connectivity index (χ3v) is 8.53. The highest BCUT2D eigenvalue weighted by Gasteiger charge is 2.32. The summed E-state index contributed by atoms with van der Waals surface area (Å²) in [6.07, 6.45) is 3.09. The van der Waals surface area contributed by atoms with Gasteiger partial charge in [0.25, 0.3) is 0 Å². The number of nitrogens with zero attached hydrogens (tertiary/aromatic N) is 2. The molecule has 166 valence electrons. The van der Waals surface area contributed by atoms with Gasteiger partial charge in [-0.1, -0.05) is 24.3 Å². The van der Waals surface area contributed by atoms with E-state index in [0.29, 0.717) is 31.1 Å². The Balaban J connectivity index is 1.39. The van der Waals surface area contributed by atoms with Crippen LogP contribution in [0.25, 0.3) is 0 Å². The molecular formula is C24H31N3O3S. The van der Waals surface area contributed by atoms with Gasteiger partial charge in [0.1, 0.15) is 0 Å². The summed E-state index contributed by atoms with van der Waals surface area (Å²) in [5.74, 6) is -0.0627. The lowest BCUT2D eigenvalue weighted by molar-refractivity contribution is -0.121. The van der Waals surface area contributed by atoms with Crippen LogP contribution in [0.5, 0.6) is 0 Å². The summed E-state index contributed by atoms with van der Waals surface area (Å²) < 4.78 is 27.8. The van der Waals surface area contributed by atoms with Gasteiger partial charge in [0, 0.05) is 31.9 Å². The van der Waals surface area contributed by atoms with Crippen molar-refractivity contribution in [1.29, 1.82) is 0 Å². The van der Waals surface area contributed by atoms with E-state index in [1.807, 2.05) is 51.1 Å². The number of anilines is 1. The summed E-state index contributed by atoms with van der Waals surface area (Å²) in [6.45, 7) is 7.69. The summed E-state index contributed by atoms with van der Waals surface area (Å²) >= 11 is 0. The van der Waals surface area contributed by atoms with Gasteiger partial charge in [-0.2, -0.15) is 4.31 Å². The first-order valence-electron chi connectivity index (χ1n) is 11.0. The van der Waals surface area contributed by atoms with E-state index in [0.717, 1.165) is 41.6 Å². The van der Waals surface area contributed by atoms with Gasteiger partial charge >= 0.3 is 0 Å². The molecule has 4 rings (SSSR count). The molecule has 2 aromatic rings. The summed E-state index contributed by atoms with van der Waals surface area (Å²) in [6, 6.07) is 11.2. The van der Waals surface area contributed by atoms with Crippen LogP contribution < -0.4 is 5.32 Å². The first-order valence-corrected chi connectivity index (χ1v) is 12.4. The summed E-state index contributed by atoms with van der Waals surface area (Å²) in [4.78, 5) is 15.3. The zero-order valence-corrected chi connectivity index (χ0v) is 19.3. The van der Waals surface area contributed by atoms with Crippen LogP contribution in [0.2, 0.25) is 0 Å². The molecule has 1 heterocycles. The lowest BCUT2D eigenvalue weighted by atomic mass is 10.1. The molecule has 1 saturated heterocycles. The third-order valence-electron chi connectivity index (χ3n) is 6.64. The highest BCUT2D eigenvalue weighted by molar-refractivity contribution is 7.89. The largest absolute Gasteiger partial charge is 0.324 e. The number of benzene rings is 2. The molecule has 1 amide bonds. The lowest BCUT2D eigenvalue weighted by Crippen LogP contribution is -2.54. The zero-order chi connectivity index (χ0) is 22.2. The van der Waals surface area contributed by atoms with Crippen molar-refractivity contribution < 1.29 is 13.2 Å². The first-order chi connectivity index (χ1) is 14.8. The summed E-state index contributed by atoms with van der Waals surface area (Å²) in [5, 5.41) is 3.05. The van der Waals surface area contributed by atoms with Gasteiger partial charge in [-0.3, -0.25) is 9.69 Å². The molecule has 0 spiro atoms.